The monoisotopic (exact) mass is 541 g/mol. The van der Waals surface area contributed by atoms with Crippen molar-refractivity contribution in [3.8, 4) is 11.5 Å². The molecule has 1 aromatic heterocycles. The second kappa shape index (κ2) is 10.9. The highest BCUT2D eigenvalue weighted by Crippen LogP contribution is 2.30. The first-order chi connectivity index (χ1) is 14.7. The molecular formula is C21H32IN7O2. The van der Waals surface area contributed by atoms with Gasteiger partial charge in [0.15, 0.2) is 11.8 Å². The van der Waals surface area contributed by atoms with Crippen LogP contribution in [0.5, 0.6) is 11.5 Å². The molecule has 3 heterocycles. The maximum atomic E-state index is 5.41. The summed E-state index contributed by atoms with van der Waals surface area (Å²) in [7, 11) is 5.17. The number of piperidine rings is 1. The molecule has 170 valence electrons. The van der Waals surface area contributed by atoms with Gasteiger partial charge in [-0.15, -0.1) is 34.2 Å². The number of methoxy groups -OCH3 is 2. The average Bonchev–Trinajstić information content (AvgIpc) is 3.41. The van der Waals surface area contributed by atoms with Gasteiger partial charge in [0.2, 0.25) is 0 Å². The van der Waals surface area contributed by atoms with Gasteiger partial charge in [0.05, 0.1) is 20.8 Å². The molecule has 0 bridgehead atoms. The standard InChI is InChI=1S/C21H31N7O2.HI/c1-22-21(23-14-20-26-25-19-5-4-8-28(19)20)24-15-6-9-27(10-7-15)16-11-17(29-2)13-18(12-16)30-3;/h11-13,15H,4-10,14H2,1-3H3,(H2,22,23,24);1H. The summed E-state index contributed by atoms with van der Waals surface area (Å²) < 4.78 is 13.0. The molecule has 2 aromatic rings. The third-order valence-corrected chi connectivity index (χ3v) is 5.86. The number of nitrogens with one attached hydrogen (secondary N) is 2. The molecule has 0 radical (unpaired) electrons. The summed E-state index contributed by atoms with van der Waals surface area (Å²) in [6.07, 6.45) is 4.24. The number of benzene rings is 1. The van der Waals surface area contributed by atoms with E-state index in [0.717, 1.165) is 80.1 Å². The number of anilines is 1. The van der Waals surface area contributed by atoms with Crippen LogP contribution in [-0.4, -0.2) is 61.1 Å². The highest BCUT2D eigenvalue weighted by molar-refractivity contribution is 14.0. The fourth-order valence-electron chi connectivity index (χ4n) is 4.15. The number of rotatable bonds is 6. The van der Waals surface area contributed by atoms with E-state index in [-0.39, 0.29) is 24.0 Å². The molecule has 0 saturated carbocycles. The van der Waals surface area contributed by atoms with Crippen LogP contribution in [0.25, 0.3) is 0 Å². The number of aryl methyl sites for hydroxylation is 1. The number of nitrogens with zero attached hydrogens (tertiary/aromatic N) is 5. The van der Waals surface area contributed by atoms with E-state index >= 15 is 0 Å². The highest BCUT2D eigenvalue weighted by Gasteiger charge is 2.22. The zero-order valence-electron chi connectivity index (χ0n) is 18.4. The van der Waals surface area contributed by atoms with Crippen molar-refractivity contribution in [3.63, 3.8) is 0 Å². The summed E-state index contributed by atoms with van der Waals surface area (Å²) in [6.45, 7) is 3.57. The van der Waals surface area contributed by atoms with Crippen LogP contribution in [0.15, 0.2) is 23.2 Å². The number of fused-ring (bicyclic) bond motifs is 1. The van der Waals surface area contributed by atoms with Crippen LogP contribution in [0.3, 0.4) is 0 Å². The molecule has 4 rings (SSSR count). The van der Waals surface area contributed by atoms with Crippen LogP contribution in [0.4, 0.5) is 5.69 Å². The summed E-state index contributed by atoms with van der Waals surface area (Å²) >= 11 is 0. The van der Waals surface area contributed by atoms with Gasteiger partial charge in [-0.2, -0.15) is 0 Å². The quantitative estimate of drug-likeness (QED) is 0.330. The van der Waals surface area contributed by atoms with E-state index in [4.69, 9.17) is 9.47 Å². The lowest BCUT2D eigenvalue weighted by molar-refractivity contribution is 0.393. The van der Waals surface area contributed by atoms with E-state index in [1.54, 1.807) is 21.3 Å². The molecule has 0 spiro atoms. The molecule has 31 heavy (non-hydrogen) atoms. The smallest absolute Gasteiger partial charge is 0.191 e. The molecule has 1 aromatic carbocycles. The Balaban J connectivity index is 0.00000272. The van der Waals surface area contributed by atoms with E-state index in [1.165, 1.54) is 0 Å². The van der Waals surface area contributed by atoms with Crippen molar-refractivity contribution in [1.82, 2.24) is 25.4 Å². The van der Waals surface area contributed by atoms with Crippen LogP contribution in [-0.2, 0) is 19.5 Å². The zero-order chi connectivity index (χ0) is 20.9. The van der Waals surface area contributed by atoms with Crippen molar-refractivity contribution in [2.45, 2.75) is 44.8 Å². The normalized spacial score (nSPS) is 16.5. The number of ether oxygens (including phenoxy) is 2. The minimum Gasteiger partial charge on any atom is -0.497 e. The van der Waals surface area contributed by atoms with Crippen molar-refractivity contribution in [2.24, 2.45) is 4.99 Å². The molecule has 0 aliphatic carbocycles. The third kappa shape index (κ3) is 5.52. The van der Waals surface area contributed by atoms with Crippen molar-refractivity contribution in [1.29, 1.82) is 0 Å². The molecule has 2 aliphatic rings. The van der Waals surface area contributed by atoms with Crippen LogP contribution < -0.4 is 25.0 Å². The Bertz CT molecular complexity index is 872. The molecule has 0 atom stereocenters. The van der Waals surface area contributed by atoms with Gasteiger partial charge in [-0.1, -0.05) is 0 Å². The topological polar surface area (TPSA) is 88.8 Å². The Morgan fingerprint density at radius 3 is 2.45 bits per heavy atom. The lowest BCUT2D eigenvalue weighted by Gasteiger charge is -2.34. The SMILES string of the molecule is CN=C(NCc1nnc2n1CCC2)NC1CCN(c2cc(OC)cc(OC)c2)CC1.I. The number of aromatic nitrogens is 3. The summed E-state index contributed by atoms with van der Waals surface area (Å²) in [5, 5.41) is 15.5. The van der Waals surface area contributed by atoms with Crippen molar-refractivity contribution in [3.05, 3.63) is 29.8 Å². The molecule has 10 heteroatoms. The Kier molecular flexibility index (Phi) is 8.22. The van der Waals surface area contributed by atoms with E-state index in [9.17, 15) is 0 Å². The van der Waals surface area contributed by atoms with Gasteiger partial charge in [0.25, 0.3) is 0 Å². The van der Waals surface area contributed by atoms with E-state index in [2.05, 4.69) is 47.4 Å². The first kappa shape index (κ1) is 23.4. The Hall–Kier alpha value is -2.24. The second-order valence-electron chi connectivity index (χ2n) is 7.69. The summed E-state index contributed by atoms with van der Waals surface area (Å²) in [5.74, 6) is 4.51. The van der Waals surface area contributed by atoms with Crippen LogP contribution in [0, 0.1) is 0 Å². The maximum absolute atomic E-state index is 5.41. The third-order valence-electron chi connectivity index (χ3n) is 5.86. The largest absolute Gasteiger partial charge is 0.497 e. The van der Waals surface area contributed by atoms with E-state index in [1.807, 2.05) is 6.07 Å². The average molecular weight is 541 g/mol. The van der Waals surface area contributed by atoms with Gasteiger partial charge in [0.1, 0.15) is 17.3 Å². The molecule has 2 N–H and O–H groups in total. The first-order valence-electron chi connectivity index (χ1n) is 10.6. The maximum Gasteiger partial charge on any atom is 0.191 e. The van der Waals surface area contributed by atoms with Crippen LogP contribution in [0.2, 0.25) is 0 Å². The minimum atomic E-state index is 0. The molecule has 0 amide bonds. The lowest BCUT2D eigenvalue weighted by atomic mass is 10.0. The summed E-state index contributed by atoms with van der Waals surface area (Å²) in [5.41, 5.74) is 1.13. The van der Waals surface area contributed by atoms with Crippen LogP contribution >= 0.6 is 24.0 Å². The summed E-state index contributed by atoms with van der Waals surface area (Å²) in [6, 6.07) is 6.41. The van der Waals surface area contributed by atoms with Crippen LogP contribution in [0.1, 0.15) is 30.9 Å². The Labute approximate surface area is 200 Å². The fraction of sp³-hybridized carbons (Fsp3) is 0.571. The number of hydrogen-bond acceptors (Lipinski definition) is 6. The van der Waals surface area contributed by atoms with Crippen molar-refractivity contribution >= 4 is 35.6 Å². The van der Waals surface area contributed by atoms with Crippen molar-refractivity contribution in [2.75, 3.05) is 39.3 Å². The van der Waals surface area contributed by atoms with Crippen molar-refractivity contribution < 1.29 is 9.47 Å². The first-order valence-corrected chi connectivity index (χ1v) is 10.6. The molecule has 1 saturated heterocycles. The Morgan fingerprint density at radius 2 is 1.81 bits per heavy atom. The number of aliphatic imine (C=N–C) groups is 1. The fourth-order valence-corrected chi connectivity index (χ4v) is 4.15. The van der Waals surface area contributed by atoms with Gasteiger partial charge in [-0.05, 0) is 19.3 Å². The molecule has 0 unspecified atom stereocenters. The van der Waals surface area contributed by atoms with Gasteiger partial charge in [-0.3, -0.25) is 4.99 Å². The highest BCUT2D eigenvalue weighted by atomic mass is 127. The zero-order valence-corrected chi connectivity index (χ0v) is 20.8. The minimum absolute atomic E-state index is 0. The molecule has 2 aliphatic heterocycles. The van der Waals surface area contributed by atoms with E-state index in [0.29, 0.717) is 12.6 Å². The number of hydrogen-bond donors (Lipinski definition) is 2. The predicted molar refractivity (Wildman–Crippen MR) is 132 cm³/mol. The summed E-state index contributed by atoms with van der Waals surface area (Å²) in [4.78, 5) is 6.76. The second-order valence-corrected chi connectivity index (χ2v) is 7.69. The number of halogens is 1. The molecular weight excluding hydrogens is 509 g/mol. The predicted octanol–water partition coefficient (Wildman–Crippen LogP) is 2.19. The van der Waals surface area contributed by atoms with Gasteiger partial charge in [0, 0.05) is 63.0 Å². The van der Waals surface area contributed by atoms with E-state index < -0.39 is 0 Å². The van der Waals surface area contributed by atoms with Gasteiger partial charge < -0.3 is 29.6 Å². The van der Waals surface area contributed by atoms with Gasteiger partial charge >= 0.3 is 0 Å². The molecule has 1 fully saturated rings. The Morgan fingerprint density at radius 1 is 1.10 bits per heavy atom. The molecule has 9 nitrogen and oxygen atoms in total. The number of guanidine groups is 1. The van der Waals surface area contributed by atoms with Gasteiger partial charge in [-0.25, -0.2) is 0 Å². The lowest BCUT2D eigenvalue weighted by Crippen LogP contribution is -2.48.